The Bertz CT molecular complexity index is 934. The van der Waals surface area contributed by atoms with Crippen LogP contribution in [0.1, 0.15) is 16.7 Å². The van der Waals surface area contributed by atoms with Crippen LogP contribution in [-0.4, -0.2) is 38.9 Å². The lowest BCUT2D eigenvalue weighted by molar-refractivity contribution is -0.137. The third-order valence-electron chi connectivity index (χ3n) is 4.73. The van der Waals surface area contributed by atoms with Gasteiger partial charge in [-0.2, -0.15) is 17.5 Å². The molecule has 0 aliphatic carbocycles. The summed E-state index contributed by atoms with van der Waals surface area (Å²) in [4.78, 5) is 1.78. The lowest BCUT2D eigenvalue weighted by Gasteiger charge is -2.36. The Kier molecular flexibility index (Phi) is 5.22. The molecular weight excluding hydrogens is 377 g/mol. The average molecular weight is 398 g/mol. The standard InChI is InChI=1S/C19H21F3N2O2S/c1-14-6-7-18(15(2)12-14)23-8-10-24(11-9-23)27(25,26)17-5-3-4-16(13-17)19(20,21)22/h3-7,12-13H,8-11H2,1-2H3. The molecule has 1 saturated heterocycles. The van der Waals surface area contributed by atoms with E-state index in [-0.39, 0.29) is 18.0 Å². The highest BCUT2D eigenvalue weighted by Gasteiger charge is 2.34. The van der Waals surface area contributed by atoms with Gasteiger partial charge in [0.25, 0.3) is 0 Å². The zero-order valence-corrected chi connectivity index (χ0v) is 15.9. The topological polar surface area (TPSA) is 40.6 Å². The zero-order chi connectivity index (χ0) is 19.8. The predicted molar refractivity (Wildman–Crippen MR) is 98.3 cm³/mol. The first-order valence-corrected chi connectivity index (χ1v) is 10.0. The van der Waals surface area contributed by atoms with Gasteiger partial charge in [-0.05, 0) is 43.7 Å². The van der Waals surface area contributed by atoms with Crippen molar-refractivity contribution in [1.82, 2.24) is 4.31 Å². The smallest absolute Gasteiger partial charge is 0.369 e. The number of rotatable bonds is 3. The van der Waals surface area contributed by atoms with E-state index in [1.807, 2.05) is 26.0 Å². The van der Waals surface area contributed by atoms with Gasteiger partial charge in [0.1, 0.15) is 0 Å². The highest BCUT2D eigenvalue weighted by atomic mass is 32.2. The minimum Gasteiger partial charge on any atom is -0.369 e. The number of hydrogen-bond donors (Lipinski definition) is 0. The molecule has 1 heterocycles. The summed E-state index contributed by atoms with van der Waals surface area (Å²) in [5.41, 5.74) is 2.36. The number of sulfonamides is 1. The maximum atomic E-state index is 12.9. The van der Waals surface area contributed by atoms with Gasteiger partial charge in [0.2, 0.25) is 10.0 Å². The minimum absolute atomic E-state index is 0.228. The molecule has 1 aliphatic rings. The van der Waals surface area contributed by atoms with E-state index in [1.54, 1.807) is 0 Å². The molecule has 146 valence electrons. The summed E-state index contributed by atoms with van der Waals surface area (Å²) in [6.45, 7) is 5.45. The van der Waals surface area contributed by atoms with Gasteiger partial charge < -0.3 is 4.90 Å². The number of piperazine rings is 1. The minimum atomic E-state index is -4.58. The van der Waals surface area contributed by atoms with Gasteiger partial charge >= 0.3 is 6.18 Å². The average Bonchev–Trinajstić information content (AvgIpc) is 2.61. The Morgan fingerprint density at radius 3 is 2.19 bits per heavy atom. The molecule has 27 heavy (non-hydrogen) atoms. The van der Waals surface area contributed by atoms with E-state index in [0.29, 0.717) is 19.2 Å². The van der Waals surface area contributed by atoms with Gasteiger partial charge in [0.05, 0.1) is 10.5 Å². The van der Waals surface area contributed by atoms with Crippen LogP contribution in [0, 0.1) is 13.8 Å². The Hall–Kier alpha value is -2.06. The van der Waals surface area contributed by atoms with Crippen LogP contribution in [0.5, 0.6) is 0 Å². The largest absolute Gasteiger partial charge is 0.416 e. The Morgan fingerprint density at radius 2 is 1.59 bits per heavy atom. The van der Waals surface area contributed by atoms with Gasteiger partial charge in [0.15, 0.2) is 0 Å². The van der Waals surface area contributed by atoms with Crippen LogP contribution in [0.15, 0.2) is 47.4 Å². The Labute approximate surface area is 157 Å². The fourth-order valence-electron chi connectivity index (χ4n) is 3.31. The molecule has 1 fully saturated rings. The zero-order valence-electron chi connectivity index (χ0n) is 15.1. The van der Waals surface area contributed by atoms with Gasteiger partial charge in [-0.1, -0.05) is 23.8 Å². The summed E-state index contributed by atoms with van der Waals surface area (Å²) in [5.74, 6) is 0. The summed E-state index contributed by atoms with van der Waals surface area (Å²) in [6, 6.07) is 10.0. The summed E-state index contributed by atoms with van der Waals surface area (Å²) in [5, 5.41) is 0. The molecule has 0 spiro atoms. The molecule has 1 aliphatic heterocycles. The summed E-state index contributed by atoms with van der Waals surface area (Å²) in [7, 11) is -3.96. The first kappa shape index (κ1) is 19.7. The molecule has 0 saturated carbocycles. The summed E-state index contributed by atoms with van der Waals surface area (Å²) in [6.07, 6.45) is -4.58. The number of nitrogens with zero attached hydrogens (tertiary/aromatic N) is 2. The first-order chi connectivity index (χ1) is 12.6. The molecule has 2 aromatic rings. The molecule has 8 heteroatoms. The molecule has 0 N–H and O–H groups in total. The first-order valence-electron chi connectivity index (χ1n) is 8.58. The second-order valence-corrected chi connectivity index (χ2v) is 8.64. The van der Waals surface area contributed by atoms with Crippen molar-refractivity contribution in [3.63, 3.8) is 0 Å². The number of hydrogen-bond acceptors (Lipinski definition) is 3. The van der Waals surface area contributed by atoms with E-state index in [1.165, 1.54) is 10.4 Å². The lowest BCUT2D eigenvalue weighted by Crippen LogP contribution is -2.48. The molecule has 0 atom stereocenters. The SMILES string of the molecule is Cc1ccc(N2CCN(S(=O)(=O)c3cccc(C(F)(F)F)c3)CC2)c(C)c1. The quantitative estimate of drug-likeness (QED) is 0.789. The lowest BCUT2D eigenvalue weighted by atomic mass is 10.1. The number of aryl methyl sites for hydroxylation is 2. The number of alkyl halides is 3. The predicted octanol–water partition coefficient (Wildman–Crippen LogP) is 3.83. The number of halogens is 3. The van der Waals surface area contributed by atoms with E-state index in [2.05, 4.69) is 11.0 Å². The van der Waals surface area contributed by atoms with E-state index in [4.69, 9.17) is 0 Å². The second-order valence-electron chi connectivity index (χ2n) is 6.71. The molecule has 0 radical (unpaired) electrons. The van der Waals surface area contributed by atoms with Crippen molar-refractivity contribution in [2.24, 2.45) is 0 Å². The summed E-state index contributed by atoms with van der Waals surface area (Å²) >= 11 is 0. The van der Waals surface area contributed by atoms with Crippen molar-refractivity contribution >= 4 is 15.7 Å². The van der Waals surface area contributed by atoms with Gasteiger partial charge in [-0.15, -0.1) is 0 Å². The maximum Gasteiger partial charge on any atom is 0.416 e. The highest BCUT2D eigenvalue weighted by molar-refractivity contribution is 7.89. The molecule has 0 unspecified atom stereocenters. The van der Waals surface area contributed by atoms with Crippen LogP contribution < -0.4 is 4.90 Å². The van der Waals surface area contributed by atoms with E-state index in [0.717, 1.165) is 28.9 Å². The maximum absolute atomic E-state index is 12.9. The van der Waals surface area contributed by atoms with E-state index < -0.39 is 21.8 Å². The van der Waals surface area contributed by atoms with E-state index >= 15 is 0 Å². The number of anilines is 1. The molecule has 0 bridgehead atoms. The van der Waals surface area contributed by atoms with Crippen LogP contribution in [0.25, 0.3) is 0 Å². The van der Waals surface area contributed by atoms with Crippen molar-refractivity contribution in [2.45, 2.75) is 24.9 Å². The van der Waals surface area contributed by atoms with Crippen LogP contribution >= 0.6 is 0 Å². The third-order valence-corrected chi connectivity index (χ3v) is 6.63. The second kappa shape index (κ2) is 7.16. The Balaban J connectivity index is 1.77. The molecule has 0 amide bonds. The fourth-order valence-corrected chi connectivity index (χ4v) is 4.78. The van der Waals surface area contributed by atoms with Crippen molar-refractivity contribution in [3.8, 4) is 0 Å². The number of benzene rings is 2. The van der Waals surface area contributed by atoms with Crippen molar-refractivity contribution in [2.75, 3.05) is 31.1 Å². The van der Waals surface area contributed by atoms with Crippen LogP contribution in [0.4, 0.5) is 18.9 Å². The molecule has 0 aromatic heterocycles. The van der Waals surface area contributed by atoms with Crippen LogP contribution in [-0.2, 0) is 16.2 Å². The molecular formula is C19H21F3N2O2S. The van der Waals surface area contributed by atoms with Crippen LogP contribution in [0.2, 0.25) is 0 Å². The normalized spacial score (nSPS) is 16.6. The van der Waals surface area contributed by atoms with Crippen LogP contribution in [0.3, 0.4) is 0 Å². The fraction of sp³-hybridized carbons (Fsp3) is 0.368. The van der Waals surface area contributed by atoms with Crippen molar-refractivity contribution < 1.29 is 21.6 Å². The summed E-state index contributed by atoms with van der Waals surface area (Å²) < 4.78 is 65.4. The molecule has 2 aromatic carbocycles. The Morgan fingerprint density at radius 1 is 0.926 bits per heavy atom. The third kappa shape index (κ3) is 4.11. The van der Waals surface area contributed by atoms with Crippen molar-refractivity contribution in [1.29, 1.82) is 0 Å². The van der Waals surface area contributed by atoms with Gasteiger partial charge in [-0.3, -0.25) is 0 Å². The van der Waals surface area contributed by atoms with E-state index in [9.17, 15) is 21.6 Å². The molecule has 3 rings (SSSR count). The highest BCUT2D eigenvalue weighted by Crippen LogP contribution is 2.31. The molecule has 4 nitrogen and oxygen atoms in total. The monoisotopic (exact) mass is 398 g/mol. The van der Waals surface area contributed by atoms with Gasteiger partial charge in [-0.25, -0.2) is 8.42 Å². The van der Waals surface area contributed by atoms with Crippen molar-refractivity contribution in [3.05, 3.63) is 59.2 Å². The van der Waals surface area contributed by atoms with Gasteiger partial charge in [0, 0.05) is 31.9 Å².